The third kappa shape index (κ3) is 3.33. The number of halogens is 2. The third-order valence-electron chi connectivity index (χ3n) is 4.53. The predicted octanol–water partition coefficient (Wildman–Crippen LogP) is 5.22. The maximum Gasteiger partial charge on any atom is 0.256 e. The molecule has 25 heavy (non-hydrogen) atoms. The number of hydrogen-bond acceptors (Lipinski definition) is 3. The number of nitrogens with zero attached hydrogens (tertiary/aromatic N) is 2. The monoisotopic (exact) mass is 418 g/mol. The van der Waals surface area contributed by atoms with Crippen molar-refractivity contribution in [1.82, 2.24) is 9.88 Å². The van der Waals surface area contributed by atoms with E-state index >= 15 is 0 Å². The molecule has 1 aliphatic heterocycles. The van der Waals surface area contributed by atoms with Gasteiger partial charge in [-0.1, -0.05) is 28.1 Å². The minimum Gasteiger partial charge on any atom is -0.338 e. The van der Waals surface area contributed by atoms with E-state index in [1.54, 1.807) is 28.4 Å². The number of amides is 1. The molecule has 0 aliphatic carbocycles. The maximum atomic E-state index is 14.1. The molecule has 0 bridgehead atoms. The summed E-state index contributed by atoms with van der Waals surface area (Å²) in [7, 11) is 0. The number of carbonyl (C=O) groups is 1. The number of hydrogen-bond donors (Lipinski definition) is 0. The van der Waals surface area contributed by atoms with Crippen LogP contribution in [0.25, 0.3) is 10.2 Å². The van der Waals surface area contributed by atoms with Gasteiger partial charge in [0.05, 0.1) is 20.8 Å². The van der Waals surface area contributed by atoms with Gasteiger partial charge in [-0.3, -0.25) is 4.79 Å². The average molecular weight is 419 g/mol. The van der Waals surface area contributed by atoms with Crippen LogP contribution < -0.4 is 0 Å². The van der Waals surface area contributed by atoms with Crippen molar-refractivity contribution in [3.05, 3.63) is 63.3 Å². The lowest BCUT2D eigenvalue weighted by Gasteiger charge is -2.32. The lowest BCUT2D eigenvalue weighted by molar-refractivity contribution is 0.0702. The molecule has 0 radical (unpaired) electrons. The summed E-state index contributed by atoms with van der Waals surface area (Å²) in [6.45, 7) is 1.25. The molecule has 3 nitrogen and oxygen atoms in total. The molecule has 2 heterocycles. The standard InChI is InChI=1S/C19H16BrFN2OS/c20-13-7-8-15(21)14(10-13)19(24)23-9-3-4-12(11-23)18-22-16-5-1-2-6-17(16)25-18/h1-2,5-8,10,12H,3-4,9,11H2/t12-/m1/s1. The summed E-state index contributed by atoms with van der Waals surface area (Å²) in [5, 5.41) is 1.06. The molecule has 4 rings (SSSR count). The van der Waals surface area contributed by atoms with Crippen molar-refractivity contribution in [2.24, 2.45) is 0 Å². The molecule has 1 atom stereocenters. The average Bonchev–Trinajstić information content (AvgIpc) is 3.07. The van der Waals surface area contributed by atoms with Crippen LogP contribution in [0.3, 0.4) is 0 Å². The molecule has 1 saturated heterocycles. The third-order valence-corrected chi connectivity index (χ3v) is 6.22. The van der Waals surface area contributed by atoms with Gasteiger partial charge in [0, 0.05) is 23.5 Å². The lowest BCUT2D eigenvalue weighted by Crippen LogP contribution is -2.39. The van der Waals surface area contributed by atoms with Gasteiger partial charge in [-0.2, -0.15) is 0 Å². The van der Waals surface area contributed by atoms with E-state index in [0.29, 0.717) is 17.6 Å². The number of likely N-dealkylation sites (tertiary alicyclic amines) is 1. The molecular weight excluding hydrogens is 403 g/mol. The molecule has 3 aromatic rings. The number of rotatable bonds is 2. The van der Waals surface area contributed by atoms with E-state index < -0.39 is 5.82 Å². The van der Waals surface area contributed by atoms with Crippen molar-refractivity contribution in [2.45, 2.75) is 18.8 Å². The van der Waals surface area contributed by atoms with E-state index in [-0.39, 0.29) is 17.4 Å². The molecule has 1 aliphatic rings. The first-order chi connectivity index (χ1) is 12.1. The Bertz CT molecular complexity index is 909. The SMILES string of the molecule is O=C(c1cc(Br)ccc1F)N1CCC[C@@H](c2nc3ccccc3s2)C1. The Balaban J connectivity index is 1.58. The van der Waals surface area contributed by atoms with Crippen molar-refractivity contribution >= 4 is 43.4 Å². The molecule has 128 valence electrons. The van der Waals surface area contributed by atoms with Gasteiger partial charge in [-0.05, 0) is 43.2 Å². The molecule has 1 fully saturated rings. The fourth-order valence-corrected chi connectivity index (χ4v) is 4.71. The largest absolute Gasteiger partial charge is 0.338 e. The molecule has 0 spiro atoms. The van der Waals surface area contributed by atoms with Crippen molar-refractivity contribution in [1.29, 1.82) is 0 Å². The number of piperidine rings is 1. The summed E-state index contributed by atoms with van der Waals surface area (Å²) in [6.07, 6.45) is 1.91. The van der Waals surface area contributed by atoms with Crippen LogP contribution in [-0.2, 0) is 0 Å². The van der Waals surface area contributed by atoms with Gasteiger partial charge in [0.15, 0.2) is 0 Å². The van der Waals surface area contributed by atoms with Crippen molar-refractivity contribution in [3.63, 3.8) is 0 Å². The van der Waals surface area contributed by atoms with E-state index in [1.165, 1.54) is 10.8 Å². The number of fused-ring (bicyclic) bond motifs is 1. The lowest BCUT2D eigenvalue weighted by atomic mass is 9.98. The van der Waals surface area contributed by atoms with E-state index in [1.807, 2.05) is 18.2 Å². The summed E-state index contributed by atoms with van der Waals surface area (Å²) in [5.74, 6) is -0.509. The summed E-state index contributed by atoms with van der Waals surface area (Å²) in [4.78, 5) is 19.3. The second-order valence-electron chi connectivity index (χ2n) is 6.23. The minimum atomic E-state index is -0.477. The fraction of sp³-hybridized carbons (Fsp3) is 0.263. The van der Waals surface area contributed by atoms with Crippen LogP contribution in [0.5, 0.6) is 0 Å². The smallest absolute Gasteiger partial charge is 0.256 e. The Hall–Kier alpha value is -1.79. The normalized spacial score (nSPS) is 17.8. The first kappa shape index (κ1) is 16.7. The van der Waals surface area contributed by atoms with Crippen LogP contribution in [0.2, 0.25) is 0 Å². The highest BCUT2D eigenvalue weighted by Gasteiger charge is 2.28. The minimum absolute atomic E-state index is 0.124. The fourth-order valence-electron chi connectivity index (χ4n) is 3.26. The van der Waals surface area contributed by atoms with Crippen LogP contribution in [0.4, 0.5) is 4.39 Å². The summed E-state index contributed by atoms with van der Waals surface area (Å²) >= 11 is 5.00. The summed E-state index contributed by atoms with van der Waals surface area (Å²) in [5.41, 5.74) is 1.13. The predicted molar refractivity (Wildman–Crippen MR) is 102 cm³/mol. The summed E-state index contributed by atoms with van der Waals surface area (Å²) < 4.78 is 15.9. The van der Waals surface area contributed by atoms with Gasteiger partial charge in [-0.15, -0.1) is 11.3 Å². The second-order valence-corrected chi connectivity index (χ2v) is 8.21. The van der Waals surface area contributed by atoms with Gasteiger partial charge in [0.2, 0.25) is 0 Å². The second kappa shape index (κ2) is 6.84. The van der Waals surface area contributed by atoms with Crippen LogP contribution >= 0.6 is 27.3 Å². The molecule has 6 heteroatoms. The Morgan fingerprint density at radius 2 is 2.12 bits per heavy atom. The van der Waals surface area contributed by atoms with Crippen LogP contribution in [-0.4, -0.2) is 28.9 Å². The molecule has 0 unspecified atom stereocenters. The van der Waals surface area contributed by atoms with Crippen LogP contribution in [0.1, 0.15) is 34.1 Å². The van der Waals surface area contributed by atoms with Crippen molar-refractivity contribution < 1.29 is 9.18 Å². The number of aromatic nitrogens is 1. The van der Waals surface area contributed by atoms with E-state index in [4.69, 9.17) is 4.98 Å². The van der Waals surface area contributed by atoms with Crippen molar-refractivity contribution in [2.75, 3.05) is 13.1 Å². The number of para-hydroxylation sites is 1. The highest BCUT2D eigenvalue weighted by Crippen LogP contribution is 2.33. The van der Waals surface area contributed by atoms with Crippen molar-refractivity contribution in [3.8, 4) is 0 Å². The molecule has 1 aromatic heterocycles. The summed E-state index contributed by atoms with van der Waals surface area (Å²) in [6, 6.07) is 12.6. The molecule has 0 N–H and O–H groups in total. The Labute approximate surface area is 157 Å². The Morgan fingerprint density at radius 1 is 1.28 bits per heavy atom. The van der Waals surface area contributed by atoms with Crippen LogP contribution in [0, 0.1) is 5.82 Å². The Kier molecular flexibility index (Phi) is 4.56. The number of benzene rings is 2. The van der Waals surface area contributed by atoms with E-state index in [0.717, 1.165) is 23.4 Å². The molecular formula is C19H16BrFN2OS. The molecule has 2 aromatic carbocycles. The molecule has 1 amide bonds. The zero-order chi connectivity index (χ0) is 17.4. The van der Waals surface area contributed by atoms with Gasteiger partial charge in [-0.25, -0.2) is 9.37 Å². The van der Waals surface area contributed by atoms with Gasteiger partial charge in [0.25, 0.3) is 5.91 Å². The zero-order valence-electron chi connectivity index (χ0n) is 13.4. The highest BCUT2D eigenvalue weighted by atomic mass is 79.9. The quantitative estimate of drug-likeness (QED) is 0.571. The maximum absolute atomic E-state index is 14.1. The molecule has 0 saturated carbocycles. The number of carbonyl (C=O) groups excluding carboxylic acids is 1. The van der Waals surface area contributed by atoms with Gasteiger partial charge in [0.1, 0.15) is 5.82 Å². The first-order valence-electron chi connectivity index (χ1n) is 8.21. The first-order valence-corrected chi connectivity index (χ1v) is 9.82. The van der Waals surface area contributed by atoms with E-state index in [9.17, 15) is 9.18 Å². The highest BCUT2D eigenvalue weighted by molar-refractivity contribution is 9.10. The zero-order valence-corrected chi connectivity index (χ0v) is 15.8. The Morgan fingerprint density at radius 3 is 2.96 bits per heavy atom. The van der Waals surface area contributed by atoms with Gasteiger partial charge >= 0.3 is 0 Å². The van der Waals surface area contributed by atoms with Gasteiger partial charge < -0.3 is 4.90 Å². The van der Waals surface area contributed by atoms with E-state index in [2.05, 4.69) is 22.0 Å². The van der Waals surface area contributed by atoms with Crippen LogP contribution in [0.15, 0.2) is 46.9 Å². The number of thiazole rings is 1. The topological polar surface area (TPSA) is 33.2 Å².